The van der Waals surface area contributed by atoms with Crippen molar-refractivity contribution in [2.45, 2.75) is 38.0 Å². The number of primary amides is 1. The zero-order valence-electron chi connectivity index (χ0n) is 17.1. The van der Waals surface area contributed by atoms with Crippen molar-refractivity contribution in [1.82, 2.24) is 25.0 Å². The van der Waals surface area contributed by atoms with Gasteiger partial charge in [-0.3, -0.25) is 4.79 Å². The number of benzene rings is 1. The van der Waals surface area contributed by atoms with Crippen LogP contribution in [-0.4, -0.2) is 62.0 Å². The van der Waals surface area contributed by atoms with Gasteiger partial charge in [0.25, 0.3) is 0 Å². The first-order chi connectivity index (χ1) is 15.0. The number of nitrogens with zero attached hydrogens (tertiary/aromatic N) is 5. The van der Waals surface area contributed by atoms with E-state index in [1.165, 1.54) is 7.11 Å². The van der Waals surface area contributed by atoms with Crippen LogP contribution in [0.15, 0.2) is 30.5 Å². The maximum absolute atomic E-state index is 11.4. The molecule has 11 heteroatoms. The van der Waals surface area contributed by atoms with Crippen LogP contribution < -0.4 is 15.8 Å². The molecule has 0 aliphatic heterocycles. The number of anilines is 1. The molecule has 4 rings (SSSR count). The van der Waals surface area contributed by atoms with E-state index < -0.39 is 6.29 Å². The summed E-state index contributed by atoms with van der Waals surface area (Å²) in [5.74, 6) is 0.763. The molecule has 4 N–H and O–H groups in total. The molecule has 0 bridgehead atoms. The molecule has 3 atom stereocenters. The molecule has 0 radical (unpaired) electrons. The summed E-state index contributed by atoms with van der Waals surface area (Å²) < 4.78 is 12.0. The number of hydrogen-bond acceptors (Lipinski definition) is 9. The Morgan fingerprint density at radius 1 is 1.35 bits per heavy atom. The fourth-order valence-electron chi connectivity index (χ4n) is 3.60. The lowest BCUT2D eigenvalue weighted by molar-refractivity contribution is -0.121. The highest BCUT2D eigenvalue weighted by Gasteiger charge is 2.28. The Labute approximate surface area is 178 Å². The van der Waals surface area contributed by atoms with Crippen LogP contribution in [0.2, 0.25) is 0 Å². The van der Waals surface area contributed by atoms with Gasteiger partial charge in [-0.2, -0.15) is 9.67 Å². The first-order valence-corrected chi connectivity index (χ1v) is 10.1. The van der Waals surface area contributed by atoms with Gasteiger partial charge in [0.15, 0.2) is 17.5 Å². The first kappa shape index (κ1) is 20.9. The van der Waals surface area contributed by atoms with Crippen molar-refractivity contribution >= 4 is 23.0 Å². The molecule has 1 fully saturated rings. The number of ether oxygens (including phenoxy) is 2. The molecule has 2 heterocycles. The van der Waals surface area contributed by atoms with E-state index in [0.717, 1.165) is 18.5 Å². The lowest BCUT2D eigenvalue weighted by Crippen LogP contribution is -2.23. The lowest BCUT2D eigenvalue weighted by atomic mass is 10.1. The van der Waals surface area contributed by atoms with E-state index in [9.17, 15) is 9.90 Å². The van der Waals surface area contributed by atoms with Crippen LogP contribution in [0.1, 0.15) is 25.7 Å². The van der Waals surface area contributed by atoms with Crippen molar-refractivity contribution in [3.05, 3.63) is 30.5 Å². The summed E-state index contributed by atoms with van der Waals surface area (Å²) in [6.45, 7) is 0.334. The van der Waals surface area contributed by atoms with Crippen molar-refractivity contribution < 1.29 is 19.4 Å². The van der Waals surface area contributed by atoms with Crippen molar-refractivity contribution in [3.63, 3.8) is 0 Å². The highest BCUT2D eigenvalue weighted by atomic mass is 16.6. The number of aliphatic hydroxyl groups is 1. The Kier molecular flexibility index (Phi) is 6.23. The molecular formula is C20H25N7O4. The summed E-state index contributed by atoms with van der Waals surface area (Å²) in [6, 6.07) is 7.42. The van der Waals surface area contributed by atoms with E-state index in [1.54, 1.807) is 10.9 Å². The quantitative estimate of drug-likeness (QED) is 0.425. The van der Waals surface area contributed by atoms with Crippen LogP contribution in [0.25, 0.3) is 16.9 Å². The minimum atomic E-state index is -0.839. The highest BCUT2D eigenvalue weighted by Crippen LogP contribution is 2.27. The Morgan fingerprint density at radius 2 is 2.16 bits per heavy atom. The minimum Gasteiger partial charge on any atom is -0.493 e. The summed E-state index contributed by atoms with van der Waals surface area (Å²) in [6.07, 6.45) is 3.45. The van der Waals surface area contributed by atoms with Gasteiger partial charge >= 0.3 is 0 Å². The summed E-state index contributed by atoms with van der Waals surface area (Å²) in [5.41, 5.74) is 7.32. The van der Waals surface area contributed by atoms with Crippen LogP contribution in [0.5, 0.6) is 5.75 Å². The molecule has 11 nitrogen and oxygen atoms in total. The number of nitrogens with two attached hydrogens (primary N) is 1. The summed E-state index contributed by atoms with van der Waals surface area (Å²) in [4.78, 5) is 20.3. The molecule has 1 aliphatic carbocycles. The maximum atomic E-state index is 11.4. The number of fused-ring (bicyclic) bond motifs is 1. The number of hydrogen-bond donors (Lipinski definition) is 3. The van der Waals surface area contributed by atoms with Crippen LogP contribution in [-0.2, 0) is 9.53 Å². The van der Waals surface area contributed by atoms with Crippen molar-refractivity contribution in [3.8, 4) is 11.4 Å². The molecule has 1 unspecified atom stereocenters. The second kappa shape index (κ2) is 9.23. The van der Waals surface area contributed by atoms with Gasteiger partial charge in [-0.15, -0.1) is 5.10 Å². The Morgan fingerprint density at radius 3 is 2.87 bits per heavy atom. The monoisotopic (exact) mass is 427 g/mol. The molecule has 0 spiro atoms. The number of rotatable bonds is 9. The van der Waals surface area contributed by atoms with Crippen molar-refractivity contribution in [2.24, 2.45) is 11.7 Å². The van der Waals surface area contributed by atoms with Gasteiger partial charge in [0.05, 0.1) is 18.5 Å². The third-order valence-electron chi connectivity index (χ3n) is 5.35. The third-order valence-corrected chi connectivity index (χ3v) is 5.35. The molecule has 1 saturated carbocycles. The molecule has 164 valence electrons. The van der Waals surface area contributed by atoms with Crippen molar-refractivity contribution in [1.29, 1.82) is 0 Å². The SMILES string of the molecule is COC(O)CCOc1ccc(-n2nnc3cnc(N[C@@H]4CC[C@@H](C(N)=O)C4)nc32)cc1. The van der Waals surface area contributed by atoms with Gasteiger partial charge in [0.2, 0.25) is 11.9 Å². The van der Waals surface area contributed by atoms with E-state index in [-0.39, 0.29) is 17.9 Å². The first-order valence-electron chi connectivity index (χ1n) is 10.1. The Hall–Kier alpha value is -3.31. The molecule has 31 heavy (non-hydrogen) atoms. The number of aromatic nitrogens is 5. The zero-order chi connectivity index (χ0) is 21.8. The predicted octanol–water partition coefficient (Wildman–Crippen LogP) is 1.01. The van der Waals surface area contributed by atoms with Crippen molar-refractivity contribution in [2.75, 3.05) is 19.0 Å². The standard InChI is InChI=1S/C20H25N7O4/c1-30-17(28)8-9-31-15-6-4-14(5-7-15)27-19-16(25-26-27)11-22-20(24-19)23-13-3-2-12(10-13)18(21)29/h4-7,11-13,17,28H,2-3,8-10H2,1H3,(H2,21,29)(H,22,23,24)/t12-,13-,17?/m1/s1. The molecule has 1 aromatic carbocycles. The summed E-state index contributed by atoms with van der Waals surface area (Å²) >= 11 is 0. The highest BCUT2D eigenvalue weighted by molar-refractivity contribution is 5.77. The number of amides is 1. The number of nitrogens with one attached hydrogen (secondary N) is 1. The van der Waals surface area contributed by atoms with Crippen LogP contribution in [0, 0.1) is 5.92 Å². The van der Waals surface area contributed by atoms with Gasteiger partial charge < -0.3 is 25.6 Å². The lowest BCUT2D eigenvalue weighted by Gasteiger charge is -2.12. The normalized spacial score (nSPS) is 19.4. The van der Waals surface area contributed by atoms with Gasteiger partial charge in [-0.25, -0.2) is 4.98 Å². The number of aliphatic hydroxyl groups excluding tert-OH is 1. The van der Waals surface area contributed by atoms with Crippen LogP contribution in [0.4, 0.5) is 5.95 Å². The topological polar surface area (TPSA) is 150 Å². The van der Waals surface area contributed by atoms with Gasteiger partial charge in [-0.05, 0) is 43.5 Å². The minimum absolute atomic E-state index is 0.104. The summed E-state index contributed by atoms with van der Waals surface area (Å²) in [7, 11) is 1.44. The third kappa shape index (κ3) is 4.89. The van der Waals surface area contributed by atoms with E-state index in [0.29, 0.717) is 42.3 Å². The predicted molar refractivity (Wildman–Crippen MR) is 112 cm³/mol. The summed E-state index contributed by atoms with van der Waals surface area (Å²) in [5, 5.41) is 21.0. The Balaban J connectivity index is 1.46. The fourth-order valence-corrected chi connectivity index (χ4v) is 3.60. The average molecular weight is 427 g/mol. The maximum Gasteiger partial charge on any atom is 0.225 e. The van der Waals surface area contributed by atoms with Gasteiger partial charge in [0.1, 0.15) is 5.75 Å². The van der Waals surface area contributed by atoms with Gasteiger partial charge in [0, 0.05) is 25.5 Å². The molecule has 0 saturated heterocycles. The average Bonchev–Trinajstić information content (AvgIpc) is 3.41. The zero-order valence-corrected chi connectivity index (χ0v) is 17.1. The molecule has 1 aliphatic rings. The fraction of sp³-hybridized carbons (Fsp3) is 0.450. The van der Waals surface area contributed by atoms with Crippen LogP contribution >= 0.6 is 0 Å². The second-order valence-electron chi connectivity index (χ2n) is 7.48. The van der Waals surface area contributed by atoms with Crippen LogP contribution in [0.3, 0.4) is 0 Å². The van der Waals surface area contributed by atoms with Gasteiger partial charge in [-0.1, -0.05) is 5.21 Å². The molecular weight excluding hydrogens is 402 g/mol. The number of carbonyl (C=O) groups is 1. The Bertz CT molecular complexity index is 1040. The smallest absolute Gasteiger partial charge is 0.225 e. The largest absolute Gasteiger partial charge is 0.493 e. The van der Waals surface area contributed by atoms with E-state index in [4.69, 9.17) is 15.2 Å². The van der Waals surface area contributed by atoms with E-state index in [1.807, 2.05) is 24.3 Å². The molecule has 2 aromatic heterocycles. The number of methoxy groups -OCH3 is 1. The number of carbonyl (C=O) groups excluding carboxylic acids is 1. The second-order valence-corrected chi connectivity index (χ2v) is 7.48. The van der Waals surface area contributed by atoms with E-state index >= 15 is 0 Å². The molecule has 1 amide bonds. The van der Waals surface area contributed by atoms with E-state index in [2.05, 4.69) is 25.6 Å². The molecule has 3 aromatic rings.